The fourth-order valence-corrected chi connectivity index (χ4v) is 3.67. The zero-order valence-electron chi connectivity index (χ0n) is 16.6. The first kappa shape index (κ1) is 20.3. The Bertz CT molecular complexity index is 1070. The molecular formula is C22H19ClO7. The second-order valence-corrected chi connectivity index (χ2v) is 7.37. The number of benzene rings is 2. The lowest BCUT2D eigenvalue weighted by Gasteiger charge is -2.20. The molecule has 2 aromatic rings. The van der Waals surface area contributed by atoms with Gasteiger partial charge in [0.05, 0.1) is 19.3 Å². The van der Waals surface area contributed by atoms with E-state index in [1.165, 1.54) is 7.11 Å². The minimum Gasteiger partial charge on any atom is -0.479 e. The van der Waals surface area contributed by atoms with E-state index in [1.807, 2.05) is 0 Å². The highest BCUT2D eigenvalue weighted by Gasteiger charge is 2.31. The molecule has 0 bridgehead atoms. The van der Waals surface area contributed by atoms with Crippen molar-refractivity contribution in [1.29, 1.82) is 0 Å². The molecule has 0 radical (unpaired) electrons. The first-order valence-corrected chi connectivity index (χ1v) is 9.61. The van der Waals surface area contributed by atoms with Gasteiger partial charge in [-0.05, 0) is 43.7 Å². The first-order valence-electron chi connectivity index (χ1n) is 9.23. The maximum atomic E-state index is 13.0. The number of ether oxygens (including phenoxy) is 5. The lowest BCUT2D eigenvalue weighted by Crippen LogP contribution is -2.24. The molecule has 8 heteroatoms. The summed E-state index contributed by atoms with van der Waals surface area (Å²) >= 11 is 6.20. The van der Waals surface area contributed by atoms with Gasteiger partial charge in [-0.2, -0.15) is 0 Å². The van der Waals surface area contributed by atoms with Crippen LogP contribution in [0.25, 0.3) is 6.08 Å². The van der Waals surface area contributed by atoms with Crippen molar-refractivity contribution in [2.75, 3.05) is 13.9 Å². The summed E-state index contributed by atoms with van der Waals surface area (Å²) in [5.41, 5.74) is 2.54. The molecule has 2 aliphatic rings. The Hall–Kier alpha value is -3.03. The Morgan fingerprint density at radius 1 is 1.27 bits per heavy atom. The maximum Gasteiger partial charge on any atom is 0.346 e. The van der Waals surface area contributed by atoms with E-state index in [-0.39, 0.29) is 18.3 Å². The number of hydrogen-bond donors (Lipinski definition) is 0. The molecule has 156 valence electrons. The number of methoxy groups -OCH3 is 1. The molecule has 0 saturated carbocycles. The summed E-state index contributed by atoms with van der Waals surface area (Å²) in [7, 11) is 1.29. The number of hydrogen-bond acceptors (Lipinski definition) is 7. The third-order valence-electron chi connectivity index (χ3n) is 4.78. The molecule has 0 N–H and O–H groups in total. The van der Waals surface area contributed by atoms with Crippen LogP contribution < -0.4 is 14.2 Å². The minimum absolute atomic E-state index is 0.123. The van der Waals surface area contributed by atoms with E-state index in [0.717, 1.165) is 5.56 Å². The van der Waals surface area contributed by atoms with Gasteiger partial charge < -0.3 is 23.7 Å². The highest BCUT2D eigenvalue weighted by Crippen LogP contribution is 2.39. The third kappa shape index (κ3) is 3.74. The maximum absolute atomic E-state index is 13.0. The Labute approximate surface area is 178 Å². The van der Waals surface area contributed by atoms with Crippen LogP contribution >= 0.6 is 11.6 Å². The van der Waals surface area contributed by atoms with Crippen LogP contribution in [0, 0.1) is 6.92 Å². The van der Waals surface area contributed by atoms with E-state index >= 15 is 0 Å². The monoisotopic (exact) mass is 430 g/mol. The van der Waals surface area contributed by atoms with Crippen molar-refractivity contribution in [3.63, 3.8) is 0 Å². The van der Waals surface area contributed by atoms with Crippen LogP contribution in [0.15, 0.2) is 30.0 Å². The standard InChI is InChI=1S/C22H19ClO7/c1-11-4-16(29-12(2)22(25)26-3)8-17-19(11)20(24)18(30-17)7-13-5-15(23)6-14-9-27-10-28-21(13)14/h4-8,12H,9-10H2,1-3H3/b18-7-. The molecule has 7 nitrogen and oxygen atoms in total. The number of aryl methyl sites for hydroxylation is 1. The number of fused-ring (bicyclic) bond motifs is 2. The van der Waals surface area contributed by atoms with Gasteiger partial charge in [0.25, 0.3) is 0 Å². The van der Waals surface area contributed by atoms with Gasteiger partial charge in [0.1, 0.15) is 17.2 Å². The van der Waals surface area contributed by atoms with Crippen LogP contribution in [0.1, 0.15) is 34.0 Å². The van der Waals surface area contributed by atoms with E-state index in [9.17, 15) is 9.59 Å². The smallest absolute Gasteiger partial charge is 0.346 e. The topological polar surface area (TPSA) is 80.3 Å². The van der Waals surface area contributed by atoms with Gasteiger partial charge in [0, 0.05) is 22.2 Å². The van der Waals surface area contributed by atoms with Crippen LogP contribution in [-0.4, -0.2) is 31.8 Å². The average molecular weight is 431 g/mol. The van der Waals surface area contributed by atoms with Gasteiger partial charge in [0.15, 0.2) is 18.7 Å². The van der Waals surface area contributed by atoms with E-state index in [4.69, 9.17) is 30.5 Å². The summed E-state index contributed by atoms with van der Waals surface area (Å²) in [4.78, 5) is 24.6. The Kier molecular flexibility index (Phi) is 5.40. The molecule has 2 aliphatic heterocycles. The lowest BCUT2D eigenvalue weighted by atomic mass is 10.0. The SMILES string of the molecule is COC(=O)C(C)Oc1cc(C)c2c(c1)O/C(=C\c1cc(Cl)cc3c1OCOC3)C2=O. The zero-order valence-corrected chi connectivity index (χ0v) is 17.4. The molecule has 0 saturated heterocycles. The van der Waals surface area contributed by atoms with Gasteiger partial charge in [0.2, 0.25) is 5.78 Å². The number of carbonyl (C=O) groups excluding carboxylic acids is 2. The first-order chi connectivity index (χ1) is 14.4. The molecule has 0 aliphatic carbocycles. The number of esters is 1. The quantitative estimate of drug-likeness (QED) is 0.534. The summed E-state index contributed by atoms with van der Waals surface area (Å²) in [5.74, 6) is 0.762. The van der Waals surface area contributed by atoms with Crippen LogP contribution in [0.2, 0.25) is 5.02 Å². The van der Waals surface area contributed by atoms with E-state index in [2.05, 4.69) is 4.74 Å². The van der Waals surface area contributed by atoms with E-state index < -0.39 is 12.1 Å². The van der Waals surface area contributed by atoms with Crippen molar-refractivity contribution in [3.05, 3.63) is 57.3 Å². The second-order valence-electron chi connectivity index (χ2n) is 6.93. The molecule has 0 amide bonds. The van der Waals surface area contributed by atoms with Crippen LogP contribution in [0.3, 0.4) is 0 Å². The minimum atomic E-state index is -0.795. The summed E-state index contributed by atoms with van der Waals surface area (Å²) in [6.45, 7) is 3.86. The molecule has 1 atom stereocenters. The number of ketones is 1. The molecule has 2 heterocycles. The Morgan fingerprint density at radius 2 is 2.07 bits per heavy atom. The van der Waals surface area contributed by atoms with Crippen molar-refractivity contribution in [3.8, 4) is 17.2 Å². The normalized spacial score (nSPS) is 16.9. The molecule has 4 rings (SSSR count). The molecule has 2 aromatic carbocycles. The zero-order chi connectivity index (χ0) is 21.4. The average Bonchev–Trinajstić information content (AvgIpc) is 3.02. The van der Waals surface area contributed by atoms with Gasteiger partial charge >= 0.3 is 5.97 Å². The predicted molar refractivity (Wildman–Crippen MR) is 108 cm³/mol. The summed E-state index contributed by atoms with van der Waals surface area (Å²) in [6.07, 6.45) is 0.812. The van der Waals surface area contributed by atoms with Gasteiger partial charge in [-0.15, -0.1) is 0 Å². The third-order valence-corrected chi connectivity index (χ3v) is 5.00. The van der Waals surface area contributed by atoms with Crippen molar-refractivity contribution < 1.29 is 33.3 Å². The lowest BCUT2D eigenvalue weighted by molar-refractivity contribution is -0.147. The van der Waals surface area contributed by atoms with Crippen molar-refractivity contribution >= 4 is 29.4 Å². The molecule has 0 spiro atoms. The number of halogens is 1. The highest BCUT2D eigenvalue weighted by molar-refractivity contribution is 6.31. The van der Waals surface area contributed by atoms with Crippen LogP contribution in [0.5, 0.6) is 17.2 Å². The summed E-state index contributed by atoms with van der Waals surface area (Å²) in [6, 6.07) is 6.74. The summed E-state index contributed by atoms with van der Waals surface area (Å²) < 4.78 is 27.0. The van der Waals surface area contributed by atoms with E-state index in [0.29, 0.717) is 45.6 Å². The molecule has 1 unspecified atom stereocenters. The number of Topliss-reactive ketones (excluding diaryl/α,β-unsaturated/α-hetero) is 1. The number of carbonyl (C=O) groups is 2. The number of rotatable bonds is 4. The molecular weight excluding hydrogens is 412 g/mol. The van der Waals surface area contributed by atoms with Gasteiger partial charge in [-0.25, -0.2) is 4.79 Å². The fourth-order valence-electron chi connectivity index (χ4n) is 3.42. The second kappa shape index (κ2) is 8.01. The van der Waals surface area contributed by atoms with Crippen molar-refractivity contribution in [2.45, 2.75) is 26.6 Å². The fraction of sp³-hybridized carbons (Fsp3) is 0.273. The molecule has 0 aromatic heterocycles. The van der Waals surface area contributed by atoms with Gasteiger partial charge in [-0.3, -0.25) is 4.79 Å². The highest BCUT2D eigenvalue weighted by atomic mass is 35.5. The molecule has 0 fully saturated rings. The Balaban J connectivity index is 1.67. The largest absolute Gasteiger partial charge is 0.479 e. The Morgan fingerprint density at radius 3 is 2.83 bits per heavy atom. The van der Waals surface area contributed by atoms with Crippen molar-refractivity contribution in [2.24, 2.45) is 0 Å². The summed E-state index contributed by atoms with van der Waals surface area (Å²) in [5, 5.41) is 0.501. The molecule has 30 heavy (non-hydrogen) atoms. The predicted octanol–water partition coefficient (Wildman–Crippen LogP) is 4.07. The number of allylic oxidation sites excluding steroid dienone is 1. The van der Waals surface area contributed by atoms with Gasteiger partial charge in [-0.1, -0.05) is 11.6 Å². The van der Waals surface area contributed by atoms with Crippen LogP contribution in [0.4, 0.5) is 0 Å². The van der Waals surface area contributed by atoms with Crippen LogP contribution in [-0.2, 0) is 20.9 Å². The van der Waals surface area contributed by atoms with Crippen molar-refractivity contribution in [1.82, 2.24) is 0 Å². The van der Waals surface area contributed by atoms with E-state index in [1.54, 1.807) is 44.2 Å².